The van der Waals surface area contributed by atoms with Gasteiger partial charge in [-0.15, -0.1) is 22.6 Å². The minimum atomic E-state index is 0. The van der Waals surface area contributed by atoms with Gasteiger partial charge in [0.15, 0.2) is 0 Å². The Hall–Kier alpha value is -1.99. The lowest BCUT2D eigenvalue weighted by molar-refractivity contribution is -0.121. The summed E-state index contributed by atoms with van der Waals surface area (Å²) in [4.78, 5) is 11.7. The van der Waals surface area contributed by atoms with Crippen LogP contribution in [0.2, 0.25) is 0 Å². The first-order chi connectivity index (χ1) is 10.8. The molecule has 23 heavy (non-hydrogen) atoms. The number of amides is 1. The molecule has 0 aliphatic rings. The van der Waals surface area contributed by atoms with E-state index < -0.39 is 0 Å². The van der Waals surface area contributed by atoms with Crippen molar-refractivity contribution in [1.29, 1.82) is 0 Å². The predicted octanol–water partition coefficient (Wildman–Crippen LogP) is 1.81. The van der Waals surface area contributed by atoms with Gasteiger partial charge in [0.25, 0.3) is 0 Å². The van der Waals surface area contributed by atoms with E-state index in [1.54, 1.807) is 0 Å². The summed E-state index contributed by atoms with van der Waals surface area (Å²) in [6, 6.07) is 7.73. The van der Waals surface area contributed by atoms with Gasteiger partial charge in [-0.2, -0.15) is 5.21 Å². The standard InChI is InChI=1S/C15H22N6O.ClH/c16-10-4-2-1-3-5-14(22)17-11-12-6-8-13(9-7-12)15-18-20-21-19-15;/h6-9H,1-5,10-11,16H2,(H,17,22)(H,18,19,20,21);1H. The normalized spacial score (nSPS) is 10.1. The third-order valence-corrected chi connectivity index (χ3v) is 3.41. The second-order valence-electron chi connectivity index (χ2n) is 5.16. The molecule has 0 saturated carbocycles. The zero-order valence-electron chi connectivity index (χ0n) is 13.0. The fourth-order valence-electron chi connectivity index (χ4n) is 2.13. The Morgan fingerprint density at radius 3 is 2.52 bits per heavy atom. The van der Waals surface area contributed by atoms with Gasteiger partial charge in [-0.25, -0.2) is 0 Å². The number of nitrogens with two attached hydrogens (primary N) is 1. The van der Waals surface area contributed by atoms with Gasteiger partial charge in [-0.3, -0.25) is 4.79 Å². The van der Waals surface area contributed by atoms with Crippen LogP contribution < -0.4 is 11.1 Å². The number of hydrogen-bond donors (Lipinski definition) is 3. The van der Waals surface area contributed by atoms with Crippen LogP contribution in [0.5, 0.6) is 0 Å². The molecule has 126 valence electrons. The fourth-order valence-corrected chi connectivity index (χ4v) is 2.13. The van der Waals surface area contributed by atoms with Crippen LogP contribution >= 0.6 is 12.4 Å². The van der Waals surface area contributed by atoms with E-state index in [2.05, 4.69) is 25.9 Å². The zero-order valence-corrected chi connectivity index (χ0v) is 13.8. The van der Waals surface area contributed by atoms with Crippen molar-refractivity contribution in [3.63, 3.8) is 0 Å². The van der Waals surface area contributed by atoms with Crippen molar-refractivity contribution in [2.24, 2.45) is 5.73 Å². The summed E-state index contributed by atoms with van der Waals surface area (Å²) in [6.07, 6.45) is 4.69. The van der Waals surface area contributed by atoms with E-state index in [9.17, 15) is 4.79 Å². The first kappa shape index (κ1) is 19.1. The lowest BCUT2D eigenvalue weighted by atomic mass is 10.1. The Kier molecular flexibility index (Phi) is 8.86. The van der Waals surface area contributed by atoms with E-state index in [0.717, 1.165) is 43.4 Å². The van der Waals surface area contributed by atoms with E-state index >= 15 is 0 Å². The number of rotatable bonds is 9. The molecule has 0 fully saturated rings. The van der Waals surface area contributed by atoms with Gasteiger partial charge in [0.2, 0.25) is 11.7 Å². The van der Waals surface area contributed by atoms with Gasteiger partial charge >= 0.3 is 0 Å². The largest absolute Gasteiger partial charge is 0.352 e. The van der Waals surface area contributed by atoms with E-state index in [1.807, 2.05) is 24.3 Å². The fraction of sp³-hybridized carbons (Fsp3) is 0.467. The van der Waals surface area contributed by atoms with Crippen LogP contribution in [-0.4, -0.2) is 33.1 Å². The quantitative estimate of drug-likeness (QED) is 0.604. The molecule has 2 rings (SSSR count). The summed E-state index contributed by atoms with van der Waals surface area (Å²) < 4.78 is 0. The molecule has 7 nitrogen and oxygen atoms in total. The molecule has 1 aromatic carbocycles. The number of aromatic nitrogens is 4. The molecular formula is C15H23ClN6O. The van der Waals surface area contributed by atoms with Crippen LogP contribution in [0.4, 0.5) is 0 Å². The molecule has 1 amide bonds. The van der Waals surface area contributed by atoms with Crippen molar-refractivity contribution in [2.45, 2.75) is 38.6 Å². The molecule has 8 heteroatoms. The summed E-state index contributed by atoms with van der Waals surface area (Å²) in [7, 11) is 0. The van der Waals surface area contributed by atoms with Crippen LogP contribution in [0.25, 0.3) is 11.4 Å². The van der Waals surface area contributed by atoms with Gasteiger partial charge < -0.3 is 11.1 Å². The lowest BCUT2D eigenvalue weighted by Crippen LogP contribution is -2.22. The third kappa shape index (κ3) is 6.75. The van der Waals surface area contributed by atoms with Crippen molar-refractivity contribution in [2.75, 3.05) is 6.54 Å². The number of carbonyl (C=O) groups is 1. The average molecular weight is 339 g/mol. The number of nitrogens with zero attached hydrogens (tertiary/aromatic N) is 3. The number of H-pyrrole nitrogens is 1. The molecule has 0 bridgehead atoms. The molecular weight excluding hydrogens is 316 g/mol. The molecule has 0 aliphatic heterocycles. The molecule has 0 aliphatic carbocycles. The Morgan fingerprint density at radius 2 is 1.87 bits per heavy atom. The van der Waals surface area contributed by atoms with Crippen LogP contribution in [0.15, 0.2) is 24.3 Å². The van der Waals surface area contributed by atoms with Crippen LogP contribution in [0.3, 0.4) is 0 Å². The molecule has 0 radical (unpaired) electrons. The lowest BCUT2D eigenvalue weighted by Gasteiger charge is -2.06. The first-order valence-electron chi connectivity index (χ1n) is 7.59. The zero-order chi connectivity index (χ0) is 15.6. The van der Waals surface area contributed by atoms with E-state index in [-0.39, 0.29) is 18.3 Å². The number of unbranched alkanes of at least 4 members (excludes halogenated alkanes) is 3. The number of halogens is 1. The second kappa shape index (κ2) is 10.7. The summed E-state index contributed by atoms with van der Waals surface area (Å²) >= 11 is 0. The molecule has 0 spiro atoms. The highest BCUT2D eigenvalue weighted by molar-refractivity contribution is 5.85. The molecule has 0 atom stereocenters. The van der Waals surface area contributed by atoms with Gasteiger partial charge in [-0.05, 0) is 30.2 Å². The van der Waals surface area contributed by atoms with Gasteiger partial charge in [0.05, 0.1) is 0 Å². The van der Waals surface area contributed by atoms with Gasteiger partial charge in [-0.1, -0.05) is 37.1 Å². The van der Waals surface area contributed by atoms with Crippen LogP contribution in [0, 0.1) is 0 Å². The minimum absolute atomic E-state index is 0. The maximum absolute atomic E-state index is 11.7. The monoisotopic (exact) mass is 338 g/mol. The predicted molar refractivity (Wildman–Crippen MR) is 90.8 cm³/mol. The number of benzene rings is 1. The maximum atomic E-state index is 11.7. The van der Waals surface area contributed by atoms with Crippen LogP contribution in [0.1, 0.15) is 37.7 Å². The Morgan fingerprint density at radius 1 is 1.13 bits per heavy atom. The average Bonchev–Trinajstić information content (AvgIpc) is 3.08. The Bertz CT molecular complexity index is 558. The van der Waals surface area contributed by atoms with Crippen LogP contribution in [-0.2, 0) is 11.3 Å². The maximum Gasteiger partial charge on any atom is 0.220 e. The second-order valence-corrected chi connectivity index (χ2v) is 5.16. The Balaban J connectivity index is 0.00000264. The smallest absolute Gasteiger partial charge is 0.220 e. The summed E-state index contributed by atoms with van der Waals surface area (Å²) in [5.41, 5.74) is 7.37. The molecule has 4 N–H and O–H groups in total. The van der Waals surface area contributed by atoms with Crippen molar-refractivity contribution in [3.05, 3.63) is 29.8 Å². The Labute approximate surface area is 141 Å². The van der Waals surface area contributed by atoms with Crippen molar-refractivity contribution in [3.8, 4) is 11.4 Å². The number of nitrogens with one attached hydrogen (secondary N) is 2. The summed E-state index contributed by atoms with van der Waals surface area (Å²) in [5, 5.41) is 16.7. The topological polar surface area (TPSA) is 110 Å². The number of hydrogen-bond acceptors (Lipinski definition) is 5. The van der Waals surface area contributed by atoms with Crippen molar-refractivity contribution in [1.82, 2.24) is 25.9 Å². The van der Waals surface area contributed by atoms with Gasteiger partial charge in [0, 0.05) is 18.5 Å². The highest BCUT2D eigenvalue weighted by Crippen LogP contribution is 2.13. The van der Waals surface area contributed by atoms with Gasteiger partial charge in [0.1, 0.15) is 0 Å². The highest BCUT2D eigenvalue weighted by Gasteiger charge is 2.04. The molecule has 1 heterocycles. The van der Waals surface area contributed by atoms with E-state index in [1.165, 1.54) is 0 Å². The number of carbonyl (C=O) groups excluding carboxylic acids is 1. The molecule has 0 unspecified atom stereocenters. The SMILES string of the molecule is Cl.NCCCCCCC(=O)NCc1ccc(-c2nn[nH]n2)cc1. The molecule has 2 aromatic rings. The summed E-state index contributed by atoms with van der Waals surface area (Å²) in [6.45, 7) is 1.26. The minimum Gasteiger partial charge on any atom is -0.352 e. The summed E-state index contributed by atoms with van der Waals surface area (Å²) in [5.74, 6) is 0.656. The third-order valence-electron chi connectivity index (χ3n) is 3.41. The molecule has 1 aromatic heterocycles. The number of aromatic amines is 1. The molecule has 0 saturated heterocycles. The van der Waals surface area contributed by atoms with E-state index in [0.29, 0.717) is 18.8 Å². The van der Waals surface area contributed by atoms with Crippen molar-refractivity contribution < 1.29 is 4.79 Å². The number of tetrazole rings is 1. The van der Waals surface area contributed by atoms with Crippen molar-refractivity contribution >= 4 is 18.3 Å². The highest BCUT2D eigenvalue weighted by atomic mass is 35.5. The first-order valence-corrected chi connectivity index (χ1v) is 7.59. The van der Waals surface area contributed by atoms with E-state index in [4.69, 9.17) is 5.73 Å².